The smallest absolute Gasteiger partial charge is 0.348 e. The summed E-state index contributed by atoms with van der Waals surface area (Å²) in [5, 5.41) is 8.74. The number of hydrogen-bond donors (Lipinski definition) is 3. The molecule has 14 heavy (non-hydrogen) atoms. The summed E-state index contributed by atoms with van der Waals surface area (Å²) in [4.78, 5) is 27.3. The molecule has 0 aromatic rings. The van der Waals surface area contributed by atoms with Gasteiger partial charge in [0.1, 0.15) is 0 Å². The van der Waals surface area contributed by atoms with Gasteiger partial charge in [0.05, 0.1) is 13.2 Å². The zero-order chi connectivity index (χ0) is 11.2. The summed E-state index contributed by atoms with van der Waals surface area (Å²) in [5.74, 6) is -0.420. The van der Waals surface area contributed by atoms with Gasteiger partial charge >= 0.3 is 13.6 Å². The molecule has 0 aliphatic heterocycles. The Morgan fingerprint density at radius 1 is 1.57 bits per heavy atom. The lowest BCUT2D eigenvalue weighted by atomic mass is 10.2. The van der Waals surface area contributed by atoms with Gasteiger partial charge in [0, 0.05) is 18.7 Å². The second-order valence-corrected chi connectivity index (χ2v) is 4.15. The quantitative estimate of drug-likeness (QED) is 0.443. The maximum atomic E-state index is 10.4. The van der Waals surface area contributed by atoms with Crippen molar-refractivity contribution in [2.24, 2.45) is 5.92 Å². The van der Waals surface area contributed by atoms with E-state index in [9.17, 15) is 9.36 Å². The van der Waals surface area contributed by atoms with Crippen LogP contribution in [-0.2, 0) is 14.1 Å². The topological polar surface area (TPSA) is 104 Å². The van der Waals surface area contributed by atoms with E-state index in [1.807, 2.05) is 0 Å². The van der Waals surface area contributed by atoms with E-state index in [2.05, 4.69) is 4.74 Å². The van der Waals surface area contributed by atoms with Crippen molar-refractivity contribution < 1.29 is 29.0 Å². The Bertz CT molecular complexity index is 255. The highest BCUT2D eigenvalue weighted by molar-refractivity contribution is 7.55. The van der Waals surface area contributed by atoms with E-state index >= 15 is 0 Å². The molecule has 1 unspecified atom stereocenters. The molecule has 0 aliphatic carbocycles. The first-order chi connectivity index (χ1) is 6.35. The number of esters is 1. The van der Waals surface area contributed by atoms with Gasteiger partial charge in [-0.25, -0.2) is 0 Å². The van der Waals surface area contributed by atoms with Gasteiger partial charge in [0.2, 0.25) is 0 Å². The van der Waals surface area contributed by atoms with Crippen LogP contribution in [0.1, 0.15) is 6.92 Å². The molecular weight excluding hydrogens is 211 g/mol. The van der Waals surface area contributed by atoms with Gasteiger partial charge in [-0.05, 0) is 0 Å². The molecule has 0 fully saturated rings. The van der Waals surface area contributed by atoms with Gasteiger partial charge in [0.15, 0.2) is 0 Å². The van der Waals surface area contributed by atoms with Crippen LogP contribution in [0.3, 0.4) is 0 Å². The Morgan fingerprint density at radius 3 is 2.50 bits per heavy atom. The molecule has 3 N–H and O–H groups in total. The van der Waals surface area contributed by atoms with E-state index < -0.39 is 19.5 Å². The first kappa shape index (κ1) is 13.3. The third-order valence-electron chi connectivity index (χ3n) is 1.29. The highest BCUT2D eigenvalue weighted by Gasteiger charge is 2.10. The van der Waals surface area contributed by atoms with Crippen molar-refractivity contribution in [2.75, 3.05) is 13.2 Å². The molecule has 0 aliphatic rings. The van der Waals surface area contributed by atoms with Crippen LogP contribution in [0, 0.1) is 5.92 Å². The van der Waals surface area contributed by atoms with Crippen molar-refractivity contribution >= 4 is 13.6 Å². The summed E-state index contributed by atoms with van der Waals surface area (Å²) in [7, 11) is -4.21. The fraction of sp³-hybridized carbons (Fsp3) is 0.571. The average Bonchev–Trinajstić information content (AvgIpc) is 2.02. The summed E-state index contributed by atoms with van der Waals surface area (Å²) in [5.41, 5.74) is 0. The third kappa shape index (κ3) is 7.94. The van der Waals surface area contributed by atoms with Crippen molar-refractivity contribution in [1.82, 2.24) is 0 Å². The normalized spacial score (nSPS) is 14.3. The molecule has 1 atom stereocenters. The minimum Gasteiger partial charge on any atom is -0.465 e. The maximum absolute atomic E-state index is 10.4. The van der Waals surface area contributed by atoms with Gasteiger partial charge in [0.25, 0.3) is 0 Å². The van der Waals surface area contributed by atoms with Crippen molar-refractivity contribution in [2.45, 2.75) is 6.92 Å². The Balaban J connectivity index is 4.09. The summed E-state index contributed by atoms with van der Waals surface area (Å²) in [6.07, 6.45) is 1.13. The minimum absolute atomic E-state index is 0.0949. The van der Waals surface area contributed by atoms with Crippen LogP contribution in [0.2, 0.25) is 0 Å². The van der Waals surface area contributed by atoms with E-state index in [0.29, 0.717) is 5.82 Å². The summed E-state index contributed by atoms with van der Waals surface area (Å²) in [6, 6.07) is 0. The number of aliphatic hydroxyl groups is 1. The third-order valence-corrected chi connectivity index (χ3v) is 1.85. The molecule has 0 heterocycles. The van der Waals surface area contributed by atoms with Crippen LogP contribution in [0.15, 0.2) is 11.9 Å². The molecule has 0 radical (unpaired) electrons. The van der Waals surface area contributed by atoms with Crippen molar-refractivity contribution in [3.8, 4) is 0 Å². The van der Waals surface area contributed by atoms with Gasteiger partial charge in [-0.2, -0.15) is 0 Å². The van der Waals surface area contributed by atoms with Gasteiger partial charge < -0.3 is 19.6 Å². The van der Waals surface area contributed by atoms with Crippen LogP contribution in [0.4, 0.5) is 0 Å². The highest BCUT2D eigenvalue weighted by Crippen LogP contribution is 2.36. The fourth-order valence-corrected chi connectivity index (χ4v) is 1.10. The standard InChI is InChI=1S/C7H13O6P/c1-6(9)13-5-7(4-8)2-3-14(10,11)12/h2-3,7-8H,4-5H2,1H3,(H2,10,11,12). The molecule has 0 bridgehead atoms. The molecular formula is C7H13O6P. The van der Waals surface area contributed by atoms with E-state index in [4.69, 9.17) is 14.9 Å². The fourth-order valence-electron chi connectivity index (χ4n) is 0.627. The Morgan fingerprint density at radius 2 is 2.14 bits per heavy atom. The van der Waals surface area contributed by atoms with E-state index in [-0.39, 0.29) is 13.2 Å². The SMILES string of the molecule is CC(=O)OCC(C=CP(=O)(O)O)CO. The predicted octanol–water partition coefficient (Wildman–Crippen LogP) is -0.151. The van der Waals surface area contributed by atoms with Gasteiger partial charge in [-0.15, -0.1) is 0 Å². The van der Waals surface area contributed by atoms with Crippen LogP contribution < -0.4 is 0 Å². The Labute approximate surface area is 81.4 Å². The van der Waals surface area contributed by atoms with Gasteiger partial charge in [-0.3, -0.25) is 9.36 Å². The second-order valence-electron chi connectivity index (χ2n) is 2.68. The largest absolute Gasteiger partial charge is 0.465 e. The van der Waals surface area contributed by atoms with E-state index in [1.54, 1.807) is 0 Å². The molecule has 0 spiro atoms. The molecule has 6 nitrogen and oxygen atoms in total. The van der Waals surface area contributed by atoms with Crippen LogP contribution >= 0.6 is 7.60 Å². The number of carbonyl (C=O) groups excluding carboxylic acids is 1. The second kappa shape index (κ2) is 5.93. The number of carbonyl (C=O) groups is 1. The van der Waals surface area contributed by atoms with Crippen LogP contribution in [-0.4, -0.2) is 34.1 Å². The first-order valence-corrected chi connectivity index (χ1v) is 5.52. The molecule has 0 aromatic heterocycles. The van der Waals surface area contributed by atoms with E-state index in [0.717, 1.165) is 6.08 Å². The average molecular weight is 224 g/mol. The lowest BCUT2D eigenvalue weighted by molar-refractivity contribution is -0.142. The molecule has 0 aromatic carbocycles. The lowest BCUT2D eigenvalue weighted by Gasteiger charge is -2.08. The molecule has 82 valence electrons. The number of ether oxygens (including phenoxy) is 1. The lowest BCUT2D eigenvalue weighted by Crippen LogP contribution is -2.13. The van der Waals surface area contributed by atoms with Crippen molar-refractivity contribution in [1.29, 1.82) is 0 Å². The number of aliphatic hydroxyl groups excluding tert-OH is 1. The summed E-state index contributed by atoms with van der Waals surface area (Å²) < 4.78 is 15.0. The molecule has 7 heteroatoms. The van der Waals surface area contributed by atoms with Crippen LogP contribution in [0.25, 0.3) is 0 Å². The molecule has 0 amide bonds. The molecule has 0 saturated heterocycles. The Kier molecular flexibility index (Phi) is 5.64. The monoisotopic (exact) mass is 224 g/mol. The Hall–Kier alpha value is -0.680. The van der Waals surface area contributed by atoms with Crippen molar-refractivity contribution in [3.63, 3.8) is 0 Å². The predicted molar refractivity (Wildman–Crippen MR) is 48.4 cm³/mol. The van der Waals surface area contributed by atoms with E-state index in [1.165, 1.54) is 6.92 Å². The van der Waals surface area contributed by atoms with Crippen LogP contribution in [0.5, 0.6) is 0 Å². The van der Waals surface area contributed by atoms with Gasteiger partial charge in [-0.1, -0.05) is 6.08 Å². The minimum atomic E-state index is -4.21. The van der Waals surface area contributed by atoms with Crippen molar-refractivity contribution in [3.05, 3.63) is 11.9 Å². The number of rotatable bonds is 5. The molecule has 0 rings (SSSR count). The maximum Gasteiger partial charge on any atom is 0.348 e. The zero-order valence-corrected chi connectivity index (χ0v) is 8.55. The summed E-state index contributed by atoms with van der Waals surface area (Å²) in [6.45, 7) is 0.771. The summed E-state index contributed by atoms with van der Waals surface area (Å²) >= 11 is 0. The number of hydrogen-bond acceptors (Lipinski definition) is 4. The first-order valence-electron chi connectivity index (χ1n) is 3.84. The zero-order valence-electron chi connectivity index (χ0n) is 7.66. The molecule has 0 saturated carbocycles. The highest BCUT2D eigenvalue weighted by atomic mass is 31.2.